The molecular weight excluding hydrogens is 311 g/mol. The van der Waals surface area contributed by atoms with Crippen LogP contribution in [0.15, 0.2) is 42.5 Å². The zero-order valence-corrected chi connectivity index (χ0v) is 11.9. The number of carboxylic acid groups (broad SMARTS) is 1. The summed E-state index contributed by atoms with van der Waals surface area (Å²) in [6.45, 7) is 0.562. The Morgan fingerprint density at radius 3 is 2.22 bits per heavy atom. The van der Waals surface area contributed by atoms with E-state index in [4.69, 9.17) is 5.11 Å². The van der Waals surface area contributed by atoms with Gasteiger partial charge in [0.2, 0.25) is 0 Å². The molecule has 0 fully saturated rings. The van der Waals surface area contributed by atoms with Gasteiger partial charge in [-0.05, 0) is 30.3 Å². The third kappa shape index (κ3) is 3.68. The van der Waals surface area contributed by atoms with E-state index in [2.05, 4.69) is 5.32 Å². The molecule has 0 unspecified atom stereocenters. The molecule has 0 bridgehead atoms. The number of hydrogen-bond acceptors (Lipinski definition) is 2. The number of aromatic carboxylic acids is 1. The molecular formula is C16H12F3NO3. The summed E-state index contributed by atoms with van der Waals surface area (Å²) < 4.78 is 39.9. The van der Waals surface area contributed by atoms with Crippen LogP contribution < -0.4 is 5.32 Å². The highest BCUT2D eigenvalue weighted by Gasteiger charge is 2.28. The lowest BCUT2D eigenvalue weighted by Gasteiger charge is -2.13. The van der Waals surface area contributed by atoms with E-state index < -0.39 is 29.2 Å². The minimum absolute atomic E-state index is 0.0549. The Balaban J connectivity index is 2.28. The van der Waals surface area contributed by atoms with Crippen molar-refractivity contribution in [2.45, 2.75) is 12.8 Å². The number of alkyl halides is 2. The normalized spacial score (nSPS) is 11.1. The van der Waals surface area contributed by atoms with Crippen LogP contribution in [0.4, 0.5) is 18.9 Å². The molecule has 0 atom stereocenters. The van der Waals surface area contributed by atoms with E-state index in [9.17, 15) is 22.8 Å². The van der Waals surface area contributed by atoms with E-state index in [-0.39, 0.29) is 16.8 Å². The molecule has 0 aliphatic carbocycles. The maximum Gasteiger partial charge on any atom is 0.336 e. The lowest BCUT2D eigenvalue weighted by molar-refractivity contribution is 0.0138. The molecule has 0 saturated carbocycles. The van der Waals surface area contributed by atoms with Crippen LogP contribution >= 0.6 is 0 Å². The number of amides is 1. The largest absolute Gasteiger partial charge is 0.478 e. The van der Waals surface area contributed by atoms with Crippen LogP contribution in [0.1, 0.15) is 33.2 Å². The van der Waals surface area contributed by atoms with Crippen LogP contribution in [-0.4, -0.2) is 17.0 Å². The van der Waals surface area contributed by atoms with Gasteiger partial charge in [0.25, 0.3) is 11.8 Å². The predicted octanol–water partition coefficient (Wildman–Crippen LogP) is 3.89. The molecule has 0 aliphatic heterocycles. The van der Waals surface area contributed by atoms with Crippen molar-refractivity contribution in [3.05, 3.63) is 65.0 Å². The molecule has 23 heavy (non-hydrogen) atoms. The number of rotatable bonds is 4. The fourth-order valence-electron chi connectivity index (χ4n) is 2.01. The van der Waals surface area contributed by atoms with Gasteiger partial charge in [-0.2, -0.15) is 0 Å². The predicted molar refractivity (Wildman–Crippen MR) is 77.3 cm³/mol. The zero-order chi connectivity index (χ0) is 17.2. The highest BCUT2D eigenvalue weighted by Crippen LogP contribution is 2.30. The summed E-state index contributed by atoms with van der Waals surface area (Å²) in [5, 5.41) is 11.3. The number of nitrogens with one attached hydrogen (secondary N) is 1. The lowest BCUT2D eigenvalue weighted by Crippen LogP contribution is -2.17. The summed E-state index contributed by atoms with van der Waals surface area (Å²) in [6, 6.07) is 8.22. The molecule has 4 nitrogen and oxygen atoms in total. The second-order valence-electron chi connectivity index (χ2n) is 4.89. The first kappa shape index (κ1) is 16.5. The van der Waals surface area contributed by atoms with Crippen LogP contribution in [0.2, 0.25) is 0 Å². The molecule has 2 aromatic rings. The molecule has 120 valence electrons. The van der Waals surface area contributed by atoms with Gasteiger partial charge >= 0.3 is 5.97 Å². The Hall–Kier alpha value is -2.83. The second-order valence-corrected chi connectivity index (χ2v) is 4.89. The van der Waals surface area contributed by atoms with Crippen molar-refractivity contribution in [3.8, 4) is 0 Å². The third-order valence-electron chi connectivity index (χ3n) is 3.10. The number of carbonyl (C=O) groups is 2. The minimum Gasteiger partial charge on any atom is -0.478 e. The van der Waals surface area contributed by atoms with Crippen molar-refractivity contribution in [2.24, 2.45) is 0 Å². The number of halogens is 3. The Morgan fingerprint density at radius 1 is 1.09 bits per heavy atom. The smallest absolute Gasteiger partial charge is 0.336 e. The third-order valence-corrected chi connectivity index (χ3v) is 3.10. The number of carbonyl (C=O) groups excluding carboxylic acids is 1. The van der Waals surface area contributed by atoms with Gasteiger partial charge < -0.3 is 10.4 Å². The lowest BCUT2D eigenvalue weighted by atomic mass is 10.1. The molecule has 1 amide bonds. The Kier molecular flexibility index (Phi) is 4.40. The second kappa shape index (κ2) is 6.12. The van der Waals surface area contributed by atoms with Gasteiger partial charge in [-0.15, -0.1) is 0 Å². The molecule has 0 spiro atoms. The van der Waals surface area contributed by atoms with Gasteiger partial charge in [0, 0.05) is 12.6 Å². The first-order valence-corrected chi connectivity index (χ1v) is 6.51. The maximum absolute atomic E-state index is 13.7. The van der Waals surface area contributed by atoms with Gasteiger partial charge in [0.05, 0.1) is 16.7 Å². The summed E-state index contributed by atoms with van der Waals surface area (Å²) in [5.41, 5.74) is -1.19. The van der Waals surface area contributed by atoms with Crippen LogP contribution in [0.5, 0.6) is 0 Å². The summed E-state index contributed by atoms with van der Waals surface area (Å²) in [6.07, 6.45) is 0. The average Bonchev–Trinajstić information content (AvgIpc) is 2.45. The van der Waals surface area contributed by atoms with Crippen molar-refractivity contribution in [3.63, 3.8) is 0 Å². The van der Waals surface area contributed by atoms with Gasteiger partial charge in [-0.25, -0.2) is 18.0 Å². The fourth-order valence-corrected chi connectivity index (χ4v) is 2.01. The van der Waals surface area contributed by atoms with E-state index in [0.29, 0.717) is 6.92 Å². The van der Waals surface area contributed by atoms with E-state index >= 15 is 0 Å². The molecule has 2 N–H and O–H groups in total. The molecule has 0 aliphatic rings. The molecule has 2 aromatic carbocycles. The van der Waals surface area contributed by atoms with Gasteiger partial charge in [-0.3, -0.25) is 4.79 Å². The number of carboxylic acids is 1. The van der Waals surface area contributed by atoms with Crippen LogP contribution in [0.3, 0.4) is 0 Å². The zero-order valence-electron chi connectivity index (χ0n) is 11.9. The highest BCUT2D eigenvalue weighted by molar-refractivity contribution is 6.10. The topological polar surface area (TPSA) is 66.4 Å². The van der Waals surface area contributed by atoms with Gasteiger partial charge in [0.15, 0.2) is 0 Å². The van der Waals surface area contributed by atoms with E-state index in [1.807, 2.05) is 0 Å². The van der Waals surface area contributed by atoms with Crippen molar-refractivity contribution in [1.29, 1.82) is 0 Å². The van der Waals surface area contributed by atoms with E-state index in [1.165, 1.54) is 24.3 Å². The standard InChI is InChI=1S/C16H12F3NO3/c1-16(18,19)12-7-6-9(8-13(12)17)20-14(21)10-4-2-3-5-11(10)15(22)23/h2-8H,1H3,(H,20,21)(H,22,23). The minimum atomic E-state index is -3.34. The number of benzene rings is 2. The van der Waals surface area contributed by atoms with Crippen LogP contribution in [-0.2, 0) is 5.92 Å². The van der Waals surface area contributed by atoms with Gasteiger partial charge in [0.1, 0.15) is 5.82 Å². The Labute approximate surface area is 129 Å². The summed E-state index contributed by atoms with van der Waals surface area (Å²) in [7, 11) is 0. The first-order valence-electron chi connectivity index (χ1n) is 6.51. The molecule has 0 heterocycles. The van der Waals surface area contributed by atoms with Crippen molar-refractivity contribution < 1.29 is 27.9 Å². The number of anilines is 1. The number of hydrogen-bond donors (Lipinski definition) is 2. The quantitative estimate of drug-likeness (QED) is 0.897. The van der Waals surface area contributed by atoms with Crippen LogP contribution in [0, 0.1) is 5.82 Å². The molecule has 2 rings (SSSR count). The molecule has 0 radical (unpaired) electrons. The monoisotopic (exact) mass is 323 g/mol. The van der Waals surface area contributed by atoms with Crippen molar-refractivity contribution in [1.82, 2.24) is 0 Å². The molecule has 0 aromatic heterocycles. The average molecular weight is 323 g/mol. The Morgan fingerprint density at radius 2 is 1.70 bits per heavy atom. The van der Waals surface area contributed by atoms with E-state index in [1.54, 1.807) is 0 Å². The van der Waals surface area contributed by atoms with Gasteiger partial charge in [-0.1, -0.05) is 12.1 Å². The van der Waals surface area contributed by atoms with Crippen molar-refractivity contribution in [2.75, 3.05) is 5.32 Å². The summed E-state index contributed by atoms with van der Waals surface area (Å²) in [4.78, 5) is 23.2. The molecule has 0 saturated heterocycles. The maximum atomic E-state index is 13.7. The first-order chi connectivity index (χ1) is 10.7. The molecule has 7 heteroatoms. The summed E-state index contributed by atoms with van der Waals surface area (Å²) in [5.74, 6) is -6.58. The SMILES string of the molecule is CC(F)(F)c1ccc(NC(=O)c2ccccc2C(=O)O)cc1F. The summed E-state index contributed by atoms with van der Waals surface area (Å²) >= 11 is 0. The fraction of sp³-hybridized carbons (Fsp3) is 0.125. The highest BCUT2D eigenvalue weighted by atomic mass is 19.3. The Bertz CT molecular complexity index is 769. The van der Waals surface area contributed by atoms with Crippen LogP contribution in [0.25, 0.3) is 0 Å². The van der Waals surface area contributed by atoms with E-state index in [0.717, 1.165) is 18.2 Å². The van der Waals surface area contributed by atoms with Crippen molar-refractivity contribution >= 4 is 17.6 Å².